The van der Waals surface area contributed by atoms with Gasteiger partial charge in [0.2, 0.25) is 0 Å². The van der Waals surface area contributed by atoms with Crippen molar-refractivity contribution in [2.45, 2.75) is 18.6 Å². The molecule has 1 amide bonds. The van der Waals surface area contributed by atoms with Crippen molar-refractivity contribution in [1.29, 1.82) is 0 Å². The number of β-amino-alcohol motifs (C(OH)–C–C–N with tert-alkyl or cyclic N) is 1. The molecule has 1 aromatic rings. The van der Waals surface area contributed by atoms with Crippen molar-refractivity contribution in [2.75, 3.05) is 27.3 Å². The third-order valence-electron chi connectivity index (χ3n) is 3.51. The largest absolute Gasteiger partial charge is 0.497 e. The molecule has 21 heavy (non-hydrogen) atoms. The number of carbonyl (C=O) groups excluding carboxylic acids is 1. The predicted octanol–water partition coefficient (Wildman–Crippen LogP) is 1.32. The number of rotatable bonds is 3. The van der Waals surface area contributed by atoms with Crippen LogP contribution in [-0.4, -0.2) is 61.8 Å². The van der Waals surface area contributed by atoms with E-state index in [2.05, 4.69) is 9.73 Å². The van der Waals surface area contributed by atoms with E-state index in [1.807, 2.05) is 24.3 Å². The Morgan fingerprint density at radius 3 is 2.67 bits per heavy atom. The fourth-order valence-corrected chi connectivity index (χ4v) is 2.26. The lowest BCUT2D eigenvalue weighted by molar-refractivity contribution is 0.0465. The van der Waals surface area contributed by atoms with Gasteiger partial charge in [-0.15, -0.1) is 0 Å². The molecule has 2 rings (SSSR count). The van der Waals surface area contributed by atoms with Gasteiger partial charge in [0, 0.05) is 12.8 Å². The van der Waals surface area contributed by atoms with Gasteiger partial charge in [-0.25, -0.2) is 4.79 Å². The van der Waals surface area contributed by atoms with Gasteiger partial charge < -0.3 is 19.5 Å². The number of piperidine rings is 1. The van der Waals surface area contributed by atoms with Crippen LogP contribution in [0.15, 0.2) is 29.3 Å². The number of ether oxygens (including phenoxy) is 2. The van der Waals surface area contributed by atoms with Crippen LogP contribution in [0.2, 0.25) is 0 Å². The normalized spacial score (nSPS) is 22.3. The molecule has 1 aromatic carbocycles. The molecule has 0 bridgehead atoms. The summed E-state index contributed by atoms with van der Waals surface area (Å²) in [7, 11) is 2.96. The maximum Gasteiger partial charge on any atom is 0.409 e. The minimum atomic E-state index is -0.674. The zero-order chi connectivity index (χ0) is 15.2. The highest BCUT2D eigenvalue weighted by molar-refractivity contribution is 5.80. The maximum atomic E-state index is 11.4. The lowest BCUT2D eigenvalue weighted by atomic mass is 10.0. The Balaban J connectivity index is 1.93. The van der Waals surface area contributed by atoms with Gasteiger partial charge in [0.05, 0.1) is 32.9 Å². The van der Waals surface area contributed by atoms with Crippen molar-refractivity contribution >= 4 is 12.3 Å². The number of nitrogens with zero attached hydrogens (tertiary/aromatic N) is 2. The Kier molecular flexibility index (Phi) is 5.16. The molecule has 6 heteroatoms. The van der Waals surface area contributed by atoms with Crippen LogP contribution in [0.25, 0.3) is 0 Å². The second-order valence-electron chi connectivity index (χ2n) is 4.89. The molecule has 0 aromatic heterocycles. The highest BCUT2D eigenvalue weighted by Crippen LogP contribution is 2.16. The number of hydrogen-bond acceptors (Lipinski definition) is 5. The van der Waals surface area contributed by atoms with E-state index in [1.54, 1.807) is 13.3 Å². The molecule has 0 spiro atoms. The molecule has 1 saturated heterocycles. The van der Waals surface area contributed by atoms with Gasteiger partial charge in [0.25, 0.3) is 0 Å². The van der Waals surface area contributed by atoms with E-state index in [9.17, 15) is 9.90 Å². The first-order valence-corrected chi connectivity index (χ1v) is 6.82. The SMILES string of the molecule is COC(=O)N1CC[C@@H](N=Cc2ccc(OC)cc2)[C@H](O)C1. The third kappa shape index (κ3) is 3.95. The summed E-state index contributed by atoms with van der Waals surface area (Å²) in [6, 6.07) is 7.32. The Morgan fingerprint density at radius 2 is 2.10 bits per heavy atom. The van der Waals surface area contributed by atoms with Crippen LogP contribution in [0, 0.1) is 0 Å². The summed E-state index contributed by atoms with van der Waals surface area (Å²) >= 11 is 0. The standard InChI is InChI=1S/C15H20N2O4/c1-20-12-5-3-11(4-6-12)9-16-13-7-8-17(10-14(13)18)15(19)21-2/h3-6,9,13-14,18H,7-8,10H2,1-2H3/t13-,14-/m1/s1. The van der Waals surface area contributed by atoms with Crippen LogP contribution in [0.4, 0.5) is 4.79 Å². The average Bonchev–Trinajstić information content (AvgIpc) is 2.53. The van der Waals surface area contributed by atoms with E-state index in [4.69, 9.17) is 4.74 Å². The van der Waals surface area contributed by atoms with Crippen molar-refractivity contribution in [1.82, 2.24) is 4.90 Å². The lowest BCUT2D eigenvalue weighted by Gasteiger charge is -2.33. The van der Waals surface area contributed by atoms with Gasteiger partial charge in [-0.2, -0.15) is 0 Å². The Hall–Kier alpha value is -2.08. The first-order valence-electron chi connectivity index (χ1n) is 6.82. The van der Waals surface area contributed by atoms with Crippen molar-refractivity contribution in [3.8, 4) is 5.75 Å². The number of aliphatic hydroxyl groups is 1. The topological polar surface area (TPSA) is 71.4 Å². The van der Waals surface area contributed by atoms with Crippen LogP contribution < -0.4 is 4.74 Å². The highest BCUT2D eigenvalue weighted by atomic mass is 16.5. The van der Waals surface area contributed by atoms with Crippen molar-refractivity contribution in [3.63, 3.8) is 0 Å². The number of carbonyl (C=O) groups is 1. The zero-order valence-corrected chi connectivity index (χ0v) is 12.2. The molecule has 0 aliphatic carbocycles. The number of benzene rings is 1. The van der Waals surface area contributed by atoms with Gasteiger partial charge in [0.1, 0.15) is 5.75 Å². The molecule has 6 nitrogen and oxygen atoms in total. The van der Waals surface area contributed by atoms with E-state index in [-0.39, 0.29) is 12.6 Å². The van der Waals surface area contributed by atoms with Crippen LogP contribution in [0.5, 0.6) is 5.75 Å². The summed E-state index contributed by atoms with van der Waals surface area (Å²) in [5.41, 5.74) is 0.943. The first kappa shape index (κ1) is 15.3. The number of likely N-dealkylation sites (tertiary alicyclic amines) is 1. The molecule has 2 atom stereocenters. The van der Waals surface area contributed by atoms with Crippen LogP contribution in [-0.2, 0) is 4.74 Å². The summed E-state index contributed by atoms with van der Waals surface area (Å²) in [4.78, 5) is 17.3. The third-order valence-corrected chi connectivity index (χ3v) is 3.51. The molecule has 1 aliphatic heterocycles. The fourth-order valence-electron chi connectivity index (χ4n) is 2.26. The average molecular weight is 292 g/mol. The molecular formula is C15H20N2O4. The Labute approximate surface area is 124 Å². The van der Waals surface area contributed by atoms with Crippen LogP contribution in [0.1, 0.15) is 12.0 Å². The lowest BCUT2D eigenvalue weighted by Crippen LogP contribution is -2.48. The van der Waals surface area contributed by atoms with Gasteiger partial charge in [-0.3, -0.25) is 4.99 Å². The fraction of sp³-hybridized carbons (Fsp3) is 0.467. The second kappa shape index (κ2) is 7.08. The maximum absolute atomic E-state index is 11.4. The summed E-state index contributed by atoms with van der Waals surface area (Å²) in [5, 5.41) is 10.1. The van der Waals surface area contributed by atoms with Gasteiger partial charge in [-0.05, 0) is 36.2 Å². The molecule has 1 fully saturated rings. The number of aliphatic hydroxyl groups excluding tert-OH is 1. The highest BCUT2D eigenvalue weighted by Gasteiger charge is 2.29. The summed E-state index contributed by atoms with van der Waals surface area (Å²) in [5.74, 6) is 0.790. The summed E-state index contributed by atoms with van der Waals surface area (Å²) in [6.45, 7) is 0.783. The Bertz CT molecular complexity index is 501. The van der Waals surface area contributed by atoms with Gasteiger partial charge >= 0.3 is 6.09 Å². The smallest absolute Gasteiger partial charge is 0.409 e. The first-order chi connectivity index (χ1) is 10.1. The number of amides is 1. The molecule has 0 saturated carbocycles. The summed E-state index contributed by atoms with van der Waals surface area (Å²) < 4.78 is 9.74. The van der Waals surface area contributed by atoms with Gasteiger partial charge in [0.15, 0.2) is 0 Å². The van der Waals surface area contributed by atoms with Gasteiger partial charge in [-0.1, -0.05) is 0 Å². The molecule has 1 N–H and O–H groups in total. The second-order valence-corrected chi connectivity index (χ2v) is 4.89. The molecule has 1 heterocycles. The zero-order valence-electron chi connectivity index (χ0n) is 12.2. The minimum Gasteiger partial charge on any atom is -0.497 e. The number of methoxy groups -OCH3 is 2. The summed E-state index contributed by atoms with van der Waals surface area (Å²) in [6.07, 6.45) is 1.27. The van der Waals surface area contributed by atoms with Crippen molar-refractivity contribution < 1.29 is 19.4 Å². The molecule has 1 aliphatic rings. The van der Waals surface area contributed by atoms with Crippen LogP contribution >= 0.6 is 0 Å². The monoisotopic (exact) mass is 292 g/mol. The minimum absolute atomic E-state index is 0.201. The molecule has 114 valence electrons. The van der Waals surface area contributed by atoms with E-state index in [0.29, 0.717) is 13.0 Å². The van der Waals surface area contributed by atoms with E-state index >= 15 is 0 Å². The molecular weight excluding hydrogens is 272 g/mol. The Morgan fingerprint density at radius 1 is 1.38 bits per heavy atom. The number of aliphatic imine (C=N–C) groups is 1. The van der Waals surface area contributed by atoms with E-state index in [1.165, 1.54) is 12.0 Å². The quantitative estimate of drug-likeness (QED) is 0.853. The predicted molar refractivity (Wildman–Crippen MR) is 79.0 cm³/mol. The number of hydrogen-bond donors (Lipinski definition) is 1. The van der Waals surface area contributed by atoms with Crippen molar-refractivity contribution in [3.05, 3.63) is 29.8 Å². The van der Waals surface area contributed by atoms with Crippen molar-refractivity contribution in [2.24, 2.45) is 4.99 Å². The van der Waals surface area contributed by atoms with Crippen LogP contribution in [0.3, 0.4) is 0 Å². The van der Waals surface area contributed by atoms with E-state index in [0.717, 1.165) is 11.3 Å². The molecule has 0 radical (unpaired) electrons. The van der Waals surface area contributed by atoms with E-state index < -0.39 is 12.2 Å². The molecule has 0 unspecified atom stereocenters.